The standard InChI is InChI=1S/C10H13NO2/c1-2-9-5-8(6-12)3-4-10(9)11-7-13/h3-5,7,12H,2,6H2,1H3,(H,11,13). The predicted octanol–water partition coefficient (Wildman–Crippen LogP) is 1.31. The molecular formula is C10H13NO2. The summed E-state index contributed by atoms with van der Waals surface area (Å²) in [6.07, 6.45) is 1.50. The summed E-state index contributed by atoms with van der Waals surface area (Å²) in [5.74, 6) is 0. The van der Waals surface area contributed by atoms with Gasteiger partial charge in [0, 0.05) is 5.69 Å². The number of aliphatic hydroxyl groups is 1. The van der Waals surface area contributed by atoms with Gasteiger partial charge in [0.15, 0.2) is 0 Å². The van der Waals surface area contributed by atoms with E-state index in [1.807, 2.05) is 13.0 Å². The van der Waals surface area contributed by atoms with Gasteiger partial charge in [-0.1, -0.05) is 19.1 Å². The Labute approximate surface area is 77.4 Å². The summed E-state index contributed by atoms with van der Waals surface area (Å²) in [5.41, 5.74) is 2.72. The minimum Gasteiger partial charge on any atom is -0.392 e. The Hall–Kier alpha value is -1.35. The van der Waals surface area contributed by atoms with Crippen molar-refractivity contribution in [2.24, 2.45) is 0 Å². The maximum atomic E-state index is 10.2. The fourth-order valence-electron chi connectivity index (χ4n) is 1.24. The molecule has 0 unspecified atom stereocenters. The summed E-state index contributed by atoms with van der Waals surface area (Å²) >= 11 is 0. The van der Waals surface area contributed by atoms with Gasteiger partial charge < -0.3 is 10.4 Å². The van der Waals surface area contributed by atoms with Crippen LogP contribution in [0.3, 0.4) is 0 Å². The summed E-state index contributed by atoms with van der Waals surface area (Å²) < 4.78 is 0. The fraction of sp³-hybridized carbons (Fsp3) is 0.300. The number of benzene rings is 1. The van der Waals surface area contributed by atoms with E-state index < -0.39 is 0 Å². The first-order valence-electron chi connectivity index (χ1n) is 4.24. The normalized spacial score (nSPS) is 9.69. The molecule has 13 heavy (non-hydrogen) atoms. The van der Waals surface area contributed by atoms with Gasteiger partial charge in [0.1, 0.15) is 0 Å². The lowest BCUT2D eigenvalue weighted by atomic mass is 10.1. The Kier molecular flexibility index (Phi) is 3.46. The molecule has 0 aromatic heterocycles. The third kappa shape index (κ3) is 2.29. The molecule has 0 radical (unpaired) electrons. The highest BCUT2D eigenvalue weighted by Gasteiger charge is 2.00. The number of nitrogens with one attached hydrogen (secondary N) is 1. The van der Waals surface area contributed by atoms with Crippen LogP contribution in [0.25, 0.3) is 0 Å². The van der Waals surface area contributed by atoms with Gasteiger partial charge in [-0.2, -0.15) is 0 Å². The molecule has 1 aromatic rings. The molecule has 70 valence electrons. The number of anilines is 1. The van der Waals surface area contributed by atoms with Crippen LogP contribution >= 0.6 is 0 Å². The van der Waals surface area contributed by atoms with E-state index in [4.69, 9.17) is 5.11 Å². The maximum Gasteiger partial charge on any atom is 0.211 e. The van der Waals surface area contributed by atoms with Crippen molar-refractivity contribution in [2.45, 2.75) is 20.0 Å². The van der Waals surface area contributed by atoms with E-state index in [1.54, 1.807) is 12.1 Å². The van der Waals surface area contributed by atoms with E-state index in [1.165, 1.54) is 0 Å². The van der Waals surface area contributed by atoms with Crippen molar-refractivity contribution in [3.05, 3.63) is 29.3 Å². The first-order chi connectivity index (χ1) is 6.31. The van der Waals surface area contributed by atoms with Crippen LogP contribution in [0.1, 0.15) is 18.1 Å². The van der Waals surface area contributed by atoms with Crippen LogP contribution in [0.5, 0.6) is 0 Å². The van der Waals surface area contributed by atoms with Crippen LogP contribution in [0.4, 0.5) is 5.69 Å². The molecule has 3 heteroatoms. The third-order valence-electron chi connectivity index (χ3n) is 1.95. The van der Waals surface area contributed by atoms with Gasteiger partial charge in [0.25, 0.3) is 0 Å². The molecule has 0 saturated heterocycles. The van der Waals surface area contributed by atoms with E-state index in [2.05, 4.69) is 5.32 Å². The molecule has 0 fully saturated rings. The first kappa shape index (κ1) is 9.74. The van der Waals surface area contributed by atoms with Crippen LogP contribution in [-0.2, 0) is 17.8 Å². The van der Waals surface area contributed by atoms with Gasteiger partial charge in [0.2, 0.25) is 6.41 Å². The van der Waals surface area contributed by atoms with Crippen LogP contribution in [0.15, 0.2) is 18.2 Å². The number of aryl methyl sites for hydroxylation is 1. The van der Waals surface area contributed by atoms with Crippen LogP contribution in [0, 0.1) is 0 Å². The Bertz CT molecular complexity index is 297. The second-order valence-electron chi connectivity index (χ2n) is 2.77. The molecule has 2 N–H and O–H groups in total. The topological polar surface area (TPSA) is 49.3 Å². The molecule has 1 rings (SSSR count). The Morgan fingerprint density at radius 2 is 2.31 bits per heavy atom. The molecule has 0 spiro atoms. The Morgan fingerprint density at radius 1 is 1.54 bits per heavy atom. The average molecular weight is 179 g/mol. The first-order valence-corrected chi connectivity index (χ1v) is 4.24. The zero-order valence-electron chi connectivity index (χ0n) is 7.58. The van der Waals surface area contributed by atoms with Gasteiger partial charge in [0.05, 0.1) is 6.61 Å². The zero-order valence-corrected chi connectivity index (χ0v) is 7.58. The predicted molar refractivity (Wildman–Crippen MR) is 51.4 cm³/mol. The summed E-state index contributed by atoms with van der Waals surface area (Å²) in [6, 6.07) is 5.50. The van der Waals surface area contributed by atoms with Gasteiger partial charge in [-0.25, -0.2) is 0 Å². The van der Waals surface area contributed by atoms with Crippen molar-refractivity contribution >= 4 is 12.1 Å². The minimum absolute atomic E-state index is 0.0361. The second-order valence-corrected chi connectivity index (χ2v) is 2.77. The molecular weight excluding hydrogens is 166 g/mol. The molecule has 0 aliphatic carbocycles. The summed E-state index contributed by atoms with van der Waals surface area (Å²) in [5, 5.41) is 11.5. The van der Waals surface area contributed by atoms with Gasteiger partial charge >= 0.3 is 0 Å². The highest BCUT2D eigenvalue weighted by atomic mass is 16.3. The van der Waals surface area contributed by atoms with Crippen molar-refractivity contribution in [2.75, 3.05) is 5.32 Å². The van der Waals surface area contributed by atoms with Gasteiger partial charge in [-0.3, -0.25) is 4.79 Å². The molecule has 0 atom stereocenters. The maximum absolute atomic E-state index is 10.2. The molecule has 0 saturated carbocycles. The third-order valence-corrected chi connectivity index (χ3v) is 1.95. The van der Waals surface area contributed by atoms with Crippen LogP contribution in [-0.4, -0.2) is 11.5 Å². The van der Waals surface area contributed by atoms with Crippen LogP contribution in [0.2, 0.25) is 0 Å². The van der Waals surface area contributed by atoms with E-state index >= 15 is 0 Å². The lowest BCUT2D eigenvalue weighted by Crippen LogP contribution is -1.99. The SMILES string of the molecule is CCc1cc(CO)ccc1NC=O. The molecule has 0 bridgehead atoms. The van der Waals surface area contributed by atoms with Crippen molar-refractivity contribution < 1.29 is 9.90 Å². The van der Waals surface area contributed by atoms with Crippen molar-refractivity contribution in [1.82, 2.24) is 0 Å². The Morgan fingerprint density at radius 3 is 2.85 bits per heavy atom. The van der Waals surface area contributed by atoms with E-state index in [0.717, 1.165) is 23.2 Å². The van der Waals surface area contributed by atoms with E-state index in [-0.39, 0.29) is 6.61 Å². The number of hydrogen-bond acceptors (Lipinski definition) is 2. The summed E-state index contributed by atoms with van der Waals surface area (Å²) in [7, 11) is 0. The molecule has 1 aromatic carbocycles. The number of rotatable bonds is 4. The summed E-state index contributed by atoms with van der Waals surface area (Å²) in [6.45, 7) is 2.04. The zero-order chi connectivity index (χ0) is 9.68. The highest BCUT2D eigenvalue weighted by molar-refractivity contribution is 5.73. The monoisotopic (exact) mass is 179 g/mol. The molecule has 0 aliphatic rings. The number of carbonyl (C=O) groups is 1. The Balaban J connectivity index is 3.00. The van der Waals surface area contributed by atoms with Crippen molar-refractivity contribution in [3.8, 4) is 0 Å². The number of amides is 1. The van der Waals surface area contributed by atoms with Crippen LogP contribution < -0.4 is 5.32 Å². The molecule has 3 nitrogen and oxygen atoms in total. The van der Waals surface area contributed by atoms with Crippen molar-refractivity contribution in [1.29, 1.82) is 0 Å². The summed E-state index contributed by atoms with van der Waals surface area (Å²) in [4.78, 5) is 10.2. The molecule has 0 heterocycles. The fourth-order valence-corrected chi connectivity index (χ4v) is 1.24. The highest BCUT2D eigenvalue weighted by Crippen LogP contribution is 2.17. The second kappa shape index (κ2) is 4.62. The molecule has 1 amide bonds. The lowest BCUT2D eigenvalue weighted by molar-refractivity contribution is -0.105. The number of hydrogen-bond donors (Lipinski definition) is 2. The minimum atomic E-state index is 0.0361. The average Bonchev–Trinajstić information content (AvgIpc) is 2.19. The quantitative estimate of drug-likeness (QED) is 0.684. The van der Waals surface area contributed by atoms with E-state index in [9.17, 15) is 4.79 Å². The van der Waals surface area contributed by atoms with Gasteiger partial charge in [-0.15, -0.1) is 0 Å². The van der Waals surface area contributed by atoms with Gasteiger partial charge in [-0.05, 0) is 23.6 Å². The lowest BCUT2D eigenvalue weighted by Gasteiger charge is -2.07. The van der Waals surface area contributed by atoms with E-state index in [0.29, 0.717) is 6.41 Å². The molecule has 0 aliphatic heterocycles. The van der Waals surface area contributed by atoms with Crippen molar-refractivity contribution in [3.63, 3.8) is 0 Å². The smallest absolute Gasteiger partial charge is 0.211 e. The number of aliphatic hydroxyl groups excluding tert-OH is 1. The largest absolute Gasteiger partial charge is 0.392 e. The number of carbonyl (C=O) groups excluding carboxylic acids is 1.